The molecule has 0 atom stereocenters. The number of carbonyl (C=O) groups is 1. The fourth-order valence-corrected chi connectivity index (χ4v) is 1.95. The van der Waals surface area contributed by atoms with Crippen molar-refractivity contribution in [2.75, 3.05) is 12.3 Å². The zero-order valence-corrected chi connectivity index (χ0v) is 11.6. The van der Waals surface area contributed by atoms with Gasteiger partial charge in [0.2, 0.25) is 5.91 Å². The molecule has 104 valence electrons. The van der Waals surface area contributed by atoms with Crippen LogP contribution in [0, 0.1) is 10.1 Å². The van der Waals surface area contributed by atoms with Crippen molar-refractivity contribution in [3.8, 4) is 0 Å². The van der Waals surface area contributed by atoms with Crippen LogP contribution in [0.15, 0.2) is 24.3 Å². The van der Waals surface area contributed by atoms with E-state index in [1.54, 1.807) is 18.2 Å². The summed E-state index contributed by atoms with van der Waals surface area (Å²) in [7, 11) is 0. The standard InChI is InChI=1S/C13H18N2O3S/c16-13(7-3-4-10-19)14-9-8-11-5-1-2-6-12(11)15(17)18/h1-2,5-6,19H,3-4,7-10H2,(H,14,16). The maximum atomic E-state index is 11.5. The van der Waals surface area contributed by atoms with Crippen LogP contribution in [0.1, 0.15) is 24.8 Å². The maximum Gasteiger partial charge on any atom is 0.272 e. The van der Waals surface area contributed by atoms with Gasteiger partial charge in [-0.1, -0.05) is 18.2 Å². The molecular formula is C13H18N2O3S. The van der Waals surface area contributed by atoms with Gasteiger partial charge in [0.25, 0.3) is 5.69 Å². The van der Waals surface area contributed by atoms with Gasteiger partial charge in [0.15, 0.2) is 0 Å². The second-order valence-corrected chi connectivity index (χ2v) is 4.61. The molecule has 1 N–H and O–H groups in total. The van der Waals surface area contributed by atoms with Gasteiger partial charge in [-0.15, -0.1) is 0 Å². The fraction of sp³-hybridized carbons (Fsp3) is 0.462. The molecule has 0 saturated heterocycles. The first kappa shape index (κ1) is 15.5. The van der Waals surface area contributed by atoms with Crippen molar-refractivity contribution in [1.29, 1.82) is 0 Å². The Morgan fingerprint density at radius 3 is 2.74 bits per heavy atom. The minimum absolute atomic E-state index is 0.0135. The molecule has 0 aromatic heterocycles. The van der Waals surface area contributed by atoms with Crippen molar-refractivity contribution in [2.45, 2.75) is 25.7 Å². The predicted octanol–water partition coefficient (Wildman–Crippen LogP) is 2.35. The summed E-state index contributed by atoms with van der Waals surface area (Å²) in [5.41, 5.74) is 0.745. The van der Waals surface area contributed by atoms with E-state index in [2.05, 4.69) is 17.9 Å². The largest absolute Gasteiger partial charge is 0.356 e. The highest BCUT2D eigenvalue weighted by molar-refractivity contribution is 7.80. The van der Waals surface area contributed by atoms with E-state index in [-0.39, 0.29) is 11.6 Å². The molecule has 0 unspecified atom stereocenters. The summed E-state index contributed by atoms with van der Waals surface area (Å²) in [5, 5.41) is 13.6. The Balaban J connectivity index is 2.37. The smallest absolute Gasteiger partial charge is 0.272 e. The van der Waals surface area contributed by atoms with Gasteiger partial charge >= 0.3 is 0 Å². The summed E-state index contributed by atoms with van der Waals surface area (Å²) < 4.78 is 0. The normalized spacial score (nSPS) is 10.2. The van der Waals surface area contributed by atoms with E-state index < -0.39 is 4.92 Å². The number of nitro benzene ring substituents is 1. The first-order valence-electron chi connectivity index (χ1n) is 6.25. The van der Waals surface area contributed by atoms with Crippen LogP contribution in [0.25, 0.3) is 0 Å². The number of thiol groups is 1. The molecule has 1 aromatic carbocycles. The Bertz CT molecular complexity index is 438. The Hall–Kier alpha value is -1.56. The Labute approximate surface area is 118 Å². The number of hydrogen-bond donors (Lipinski definition) is 2. The van der Waals surface area contributed by atoms with Crippen LogP contribution in [0.3, 0.4) is 0 Å². The number of benzene rings is 1. The number of carbonyl (C=O) groups excluding carboxylic acids is 1. The Morgan fingerprint density at radius 1 is 1.32 bits per heavy atom. The molecule has 0 aliphatic carbocycles. The zero-order chi connectivity index (χ0) is 14.1. The molecule has 1 rings (SSSR count). The number of nitro groups is 1. The van der Waals surface area contributed by atoms with Crippen LogP contribution in [-0.4, -0.2) is 23.1 Å². The zero-order valence-electron chi connectivity index (χ0n) is 10.7. The highest BCUT2D eigenvalue weighted by atomic mass is 32.1. The number of unbranched alkanes of at least 4 members (excludes halogenated alkanes) is 1. The summed E-state index contributed by atoms with van der Waals surface area (Å²) in [4.78, 5) is 21.9. The summed E-state index contributed by atoms with van der Waals surface area (Å²) in [6.07, 6.45) is 2.69. The van der Waals surface area contributed by atoms with Gasteiger partial charge in [-0.3, -0.25) is 14.9 Å². The van der Waals surface area contributed by atoms with Crippen molar-refractivity contribution in [3.63, 3.8) is 0 Å². The molecule has 0 aliphatic heterocycles. The van der Waals surface area contributed by atoms with E-state index >= 15 is 0 Å². The molecule has 19 heavy (non-hydrogen) atoms. The van der Waals surface area contributed by atoms with Crippen LogP contribution >= 0.6 is 12.6 Å². The van der Waals surface area contributed by atoms with Gasteiger partial charge < -0.3 is 5.32 Å². The quantitative estimate of drug-likeness (QED) is 0.333. The Kier molecular flexibility index (Phi) is 6.95. The molecule has 0 radical (unpaired) electrons. The molecule has 6 heteroatoms. The van der Waals surface area contributed by atoms with Gasteiger partial charge in [-0.2, -0.15) is 12.6 Å². The molecule has 5 nitrogen and oxygen atoms in total. The highest BCUT2D eigenvalue weighted by Crippen LogP contribution is 2.17. The average molecular weight is 282 g/mol. The van der Waals surface area contributed by atoms with Gasteiger partial charge in [0, 0.05) is 24.6 Å². The third kappa shape index (κ3) is 5.74. The van der Waals surface area contributed by atoms with E-state index in [0.717, 1.165) is 18.6 Å². The Morgan fingerprint density at radius 2 is 2.05 bits per heavy atom. The van der Waals surface area contributed by atoms with Crippen molar-refractivity contribution in [2.24, 2.45) is 0 Å². The molecule has 0 bridgehead atoms. The first-order chi connectivity index (χ1) is 9.15. The molecule has 0 saturated carbocycles. The maximum absolute atomic E-state index is 11.5. The number of hydrogen-bond acceptors (Lipinski definition) is 4. The third-order valence-corrected chi connectivity index (χ3v) is 3.03. The molecule has 0 spiro atoms. The number of nitrogens with one attached hydrogen (secondary N) is 1. The lowest BCUT2D eigenvalue weighted by atomic mass is 10.1. The number of para-hydroxylation sites is 1. The average Bonchev–Trinajstić information content (AvgIpc) is 2.39. The van der Waals surface area contributed by atoms with Crippen molar-refractivity contribution >= 4 is 24.2 Å². The van der Waals surface area contributed by atoms with E-state index in [0.29, 0.717) is 24.9 Å². The summed E-state index contributed by atoms with van der Waals surface area (Å²) in [6, 6.07) is 6.59. The lowest BCUT2D eigenvalue weighted by Gasteiger charge is -2.05. The van der Waals surface area contributed by atoms with Crippen LogP contribution in [0.2, 0.25) is 0 Å². The van der Waals surface area contributed by atoms with Crippen LogP contribution in [-0.2, 0) is 11.2 Å². The molecular weight excluding hydrogens is 264 g/mol. The van der Waals surface area contributed by atoms with Crippen LogP contribution < -0.4 is 5.32 Å². The monoisotopic (exact) mass is 282 g/mol. The highest BCUT2D eigenvalue weighted by Gasteiger charge is 2.11. The van der Waals surface area contributed by atoms with Crippen molar-refractivity contribution < 1.29 is 9.72 Å². The molecule has 1 amide bonds. The molecule has 0 heterocycles. The van der Waals surface area contributed by atoms with E-state index in [1.165, 1.54) is 6.07 Å². The van der Waals surface area contributed by atoms with Crippen molar-refractivity contribution in [1.82, 2.24) is 5.32 Å². The number of amides is 1. The van der Waals surface area contributed by atoms with Gasteiger partial charge in [0.1, 0.15) is 0 Å². The van der Waals surface area contributed by atoms with Crippen LogP contribution in [0.4, 0.5) is 5.69 Å². The van der Waals surface area contributed by atoms with Crippen molar-refractivity contribution in [3.05, 3.63) is 39.9 Å². The predicted molar refractivity (Wildman–Crippen MR) is 77.5 cm³/mol. The van der Waals surface area contributed by atoms with Gasteiger partial charge in [-0.05, 0) is 25.0 Å². The summed E-state index contributed by atoms with van der Waals surface area (Å²) in [6.45, 7) is 0.421. The van der Waals surface area contributed by atoms with E-state index in [1.807, 2.05) is 0 Å². The minimum atomic E-state index is -0.399. The first-order valence-corrected chi connectivity index (χ1v) is 6.88. The second kappa shape index (κ2) is 8.53. The second-order valence-electron chi connectivity index (χ2n) is 4.17. The fourth-order valence-electron chi connectivity index (χ4n) is 1.72. The van der Waals surface area contributed by atoms with E-state index in [4.69, 9.17) is 0 Å². The third-order valence-electron chi connectivity index (χ3n) is 2.72. The SMILES string of the molecule is O=C(CCCCS)NCCc1ccccc1[N+](=O)[O-]. The van der Waals surface area contributed by atoms with Crippen LogP contribution in [0.5, 0.6) is 0 Å². The topological polar surface area (TPSA) is 72.2 Å². The molecule has 0 fully saturated rings. The van der Waals surface area contributed by atoms with Gasteiger partial charge in [0.05, 0.1) is 4.92 Å². The van der Waals surface area contributed by atoms with Gasteiger partial charge in [-0.25, -0.2) is 0 Å². The number of rotatable bonds is 8. The summed E-state index contributed by atoms with van der Waals surface area (Å²) >= 11 is 4.08. The lowest BCUT2D eigenvalue weighted by molar-refractivity contribution is -0.385. The summed E-state index contributed by atoms with van der Waals surface area (Å²) in [5.74, 6) is 0.768. The lowest BCUT2D eigenvalue weighted by Crippen LogP contribution is -2.25. The molecule has 0 aliphatic rings. The van der Waals surface area contributed by atoms with E-state index in [9.17, 15) is 14.9 Å². The number of nitrogens with zero attached hydrogens (tertiary/aromatic N) is 1. The minimum Gasteiger partial charge on any atom is -0.356 e. The molecule has 1 aromatic rings.